The van der Waals surface area contributed by atoms with Crippen molar-refractivity contribution >= 4 is 12.0 Å². The Morgan fingerprint density at radius 2 is 1.76 bits per heavy atom. The molecule has 2 rings (SSSR count). The van der Waals surface area contributed by atoms with Gasteiger partial charge in [-0.2, -0.15) is 0 Å². The van der Waals surface area contributed by atoms with Crippen LogP contribution in [-0.2, 0) is 4.79 Å². The summed E-state index contributed by atoms with van der Waals surface area (Å²) in [6, 6.07) is 9.61. The number of benzene rings is 1. The molecule has 1 aliphatic rings. The van der Waals surface area contributed by atoms with Gasteiger partial charge in [0.05, 0.1) is 12.0 Å². The average Bonchev–Trinajstić information content (AvgIpc) is 2.48. The van der Waals surface area contributed by atoms with E-state index in [4.69, 9.17) is 5.11 Å². The number of rotatable bonds is 4. The molecule has 1 aromatic rings. The van der Waals surface area contributed by atoms with E-state index in [1.807, 2.05) is 37.3 Å². The number of hydrogen-bond acceptors (Lipinski definition) is 2. The zero-order valence-corrected chi connectivity index (χ0v) is 12.2. The Balaban J connectivity index is 1.76. The first kappa shape index (κ1) is 15.4. The number of carboxylic acids is 1. The molecule has 21 heavy (non-hydrogen) atoms. The minimum absolute atomic E-state index is 0.0541. The highest BCUT2D eigenvalue weighted by Gasteiger charge is 2.26. The molecule has 1 saturated carbocycles. The monoisotopic (exact) mass is 290 g/mol. The third-order valence-electron chi connectivity index (χ3n) is 4.06. The zero-order chi connectivity index (χ0) is 15.2. The Kier molecular flexibility index (Phi) is 5.20. The molecule has 1 atom stereocenters. The predicted octanol–water partition coefficient (Wildman–Crippen LogP) is 2.69. The van der Waals surface area contributed by atoms with Crippen LogP contribution in [0.25, 0.3) is 0 Å². The molecule has 1 aromatic carbocycles. The van der Waals surface area contributed by atoms with Gasteiger partial charge in [0, 0.05) is 6.04 Å². The van der Waals surface area contributed by atoms with Gasteiger partial charge in [-0.1, -0.05) is 30.3 Å². The van der Waals surface area contributed by atoms with Crippen molar-refractivity contribution in [3.8, 4) is 0 Å². The van der Waals surface area contributed by atoms with Gasteiger partial charge in [0.2, 0.25) is 0 Å². The first-order valence-corrected chi connectivity index (χ1v) is 7.41. The molecule has 1 aliphatic carbocycles. The van der Waals surface area contributed by atoms with E-state index in [0.29, 0.717) is 12.8 Å². The van der Waals surface area contributed by atoms with Gasteiger partial charge in [0.25, 0.3) is 0 Å². The normalized spacial score (nSPS) is 23.1. The molecule has 5 nitrogen and oxygen atoms in total. The Hall–Kier alpha value is -2.04. The Morgan fingerprint density at radius 1 is 1.14 bits per heavy atom. The number of hydrogen-bond donors (Lipinski definition) is 3. The zero-order valence-electron chi connectivity index (χ0n) is 12.2. The van der Waals surface area contributed by atoms with Gasteiger partial charge in [-0.15, -0.1) is 0 Å². The third-order valence-corrected chi connectivity index (χ3v) is 4.06. The maximum atomic E-state index is 12.0. The van der Waals surface area contributed by atoms with Crippen LogP contribution in [0.2, 0.25) is 0 Å². The number of carbonyl (C=O) groups is 2. The molecule has 0 aliphatic heterocycles. The van der Waals surface area contributed by atoms with Crippen molar-refractivity contribution in [3.63, 3.8) is 0 Å². The molecule has 2 amide bonds. The van der Waals surface area contributed by atoms with Crippen LogP contribution in [-0.4, -0.2) is 23.1 Å². The summed E-state index contributed by atoms with van der Waals surface area (Å²) in [6.45, 7) is 1.94. The van der Waals surface area contributed by atoms with Gasteiger partial charge < -0.3 is 15.7 Å². The molecule has 0 spiro atoms. The Morgan fingerprint density at radius 3 is 2.33 bits per heavy atom. The van der Waals surface area contributed by atoms with E-state index in [1.54, 1.807) is 0 Å². The van der Waals surface area contributed by atoms with Crippen LogP contribution in [0.15, 0.2) is 30.3 Å². The van der Waals surface area contributed by atoms with Crippen LogP contribution < -0.4 is 10.6 Å². The van der Waals surface area contributed by atoms with Crippen LogP contribution in [0.3, 0.4) is 0 Å². The smallest absolute Gasteiger partial charge is 0.315 e. The SMILES string of the molecule is CC(NC(=O)NC1CCC(C(=O)O)CC1)c1ccccc1. The second-order valence-corrected chi connectivity index (χ2v) is 5.64. The third kappa shape index (κ3) is 4.48. The molecule has 0 bridgehead atoms. The highest BCUT2D eigenvalue weighted by molar-refractivity contribution is 5.75. The van der Waals surface area contributed by atoms with Crippen LogP contribution >= 0.6 is 0 Å². The first-order chi connectivity index (χ1) is 10.1. The van der Waals surface area contributed by atoms with E-state index in [2.05, 4.69) is 10.6 Å². The van der Waals surface area contributed by atoms with E-state index in [-0.39, 0.29) is 24.0 Å². The predicted molar refractivity (Wildman–Crippen MR) is 79.9 cm³/mol. The fraction of sp³-hybridized carbons (Fsp3) is 0.500. The van der Waals surface area contributed by atoms with Crippen LogP contribution in [0, 0.1) is 5.92 Å². The first-order valence-electron chi connectivity index (χ1n) is 7.41. The average molecular weight is 290 g/mol. The Labute approximate surface area is 124 Å². The van der Waals surface area contributed by atoms with Crippen LogP contribution in [0.4, 0.5) is 4.79 Å². The summed E-state index contributed by atoms with van der Waals surface area (Å²) in [4.78, 5) is 22.9. The Bertz CT molecular complexity index is 482. The van der Waals surface area contributed by atoms with E-state index in [0.717, 1.165) is 18.4 Å². The maximum Gasteiger partial charge on any atom is 0.315 e. The number of carbonyl (C=O) groups excluding carboxylic acids is 1. The molecule has 0 heterocycles. The summed E-state index contributed by atoms with van der Waals surface area (Å²) in [5.41, 5.74) is 1.06. The van der Waals surface area contributed by atoms with Crippen molar-refractivity contribution in [2.75, 3.05) is 0 Å². The number of nitrogens with one attached hydrogen (secondary N) is 2. The van der Waals surface area contributed by atoms with E-state index >= 15 is 0 Å². The number of amides is 2. The van der Waals surface area contributed by atoms with Gasteiger partial charge in [-0.05, 0) is 38.2 Å². The van der Waals surface area contributed by atoms with Crippen molar-refractivity contribution in [2.45, 2.75) is 44.7 Å². The molecule has 0 radical (unpaired) electrons. The molecule has 1 fully saturated rings. The number of carboxylic acid groups (broad SMARTS) is 1. The highest BCUT2D eigenvalue weighted by Crippen LogP contribution is 2.24. The summed E-state index contributed by atoms with van der Waals surface area (Å²) in [7, 11) is 0. The minimum atomic E-state index is -0.726. The second kappa shape index (κ2) is 7.11. The standard InChI is InChI=1S/C16H22N2O3/c1-11(12-5-3-2-4-6-12)17-16(21)18-14-9-7-13(8-10-14)15(19)20/h2-6,11,13-14H,7-10H2,1H3,(H,19,20)(H2,17,18,21). The second-order valence-electron chi connectivity index (χ2n) is 5.64. The van der Waals surface area contributed by atoms with Gasteiger partial charge in [0.15, 0.2) is 0 Å². The number of aliphatic carboxylic acids is 1. The summed E-state index contributed by atoms with van der Waals surface area (Å²) in [5, 5.41) is 14.8. The fourth-order valence-corrected chi connectivity index (χ4v) is 2.73. The maximum absolute atomic E-state index is 12.0. The molecule has 0 saturated heterocycles. The van der Waals surface area contributed by atoms with Crippen LogP contribution in [0.1, 0.15) is 44.2 Å². The van der Waals surface area contributed by atoms with Gasteiger partial charge in [-0.25, -0.2) is 4.79 Å². The quantitative estimate of drug-likeness (QED) is 0.797. The van der Waals surface area contributed by atoms with Gasteiger partial charge >= 0.3 is 12.0 Å². The molecule has 1 unspecified atom stereocenters. The molecule has 3 N–H and O–H groups in total. The largest absolute Gasteiger partial charge is 0.481 e. The van der Waals surface area contributed by atoms with Gasteiger partial charge in [-0.3, -0.25) is 4.79 Å². The summed E-state index contributed by atoms with van der Waals surface area (Å²) >= 11 is 0. The van der Waals surface area contributed by atoms with E-state index < -0.39 is 5.97 Å². The molecule has 114 valence electrons. The van der Waals surface area contributed by atoms with Crippen molar-refractivity contribution in [3.05, 3.63) is 35.9 Å². The highest BCUT2D eigenvalue weighted by atomic mass is 16.4. The fourth-order valence-electron chi connectivity index (χ4n) is 2.73. The molecular weight excluding hydrogens is 268 g/mol. The van der Waals surface area contributed by atoms with Gasteiger partial charge in [0.1, 0.15) is 0 Å². The lowest BCUT2D eigenvalue weighted by Gasteiger charge is -2.27. The summed E-state index contributed by atoms with van der Waals surface area (Å²) in [6.07, 6.45) is 2.72. The molecular formula is C16H22N2O3. The van der Waals surface area contributed by atoms with Crippen LogP contribution in [0.5, 0.6) is 0 Å². The van der Waals surface area contributed by atoms with Crippen molar-refractivity contribution in [1.82, 2.24) is 10.6 Å². The topological polar surface area (TPSA) is 78.4 Å². The van der Waals surface area contributed by atoms with Crippen molar-refractivity contribution in [1.29, 1.82) is 0 Å². The summed E-state index contributed by atoms with van der Waals surface area (Å²) in [5.74, 6) is -0.982. The molecule has 5 heteroatoms. The van der Waals surface area contributed by atoms with Crippen molar-refractivity contribution < 1.29 is 14.7 Å². The van der Waals surface area contributed by atoms with E-state index in [1.165, 1.54) is 0 Å². The van der Waals surface area contributed by atoms with E-state index in [9.17, 15) is 9.59 Å². The lowest BCUT2D eigenvalue weighted by atomic mass is 9.86. The lowest BCUT2D eigenvalue weighted by Crippen LogP contribution is -2.44. The number of urea groups is 1. The molecule has 0 aromatic heterocycles. The van der Waals surface area contributed by atoms with Crippen molar-refractivity contribution in [2.24, 2.45) is 5.92 Å². The lowest BCUT2D eigenvalue weighted by molar-refractivity contribution is -0.142. The minimum Gasteiger partial charge on any atom is -0.481 e. The summed E-state index contributed by atoms with van der Waals surface area (Å²) < 4.78 is 0.